The van der Waals surface area contributed by atoms with E-state index >= 15 is 0 Å². The van der Waals surface area contributed by atoms with Crippen LogP contribution < -0.4 is 11.3 Å². The molecular weight excluding hydrogens is 398 g/mol. The standard InChI is InChI=1S/C19H20ClN5O2S/c1-2-27-19(26)25-8-7-12-14(10-25)28-18-16(12)17(22-9-15(23-18)24-21)11-5-3-4-6-13(11)20/h3-6H,2,7-10,21H2,1H3,(H,23,24). The Hall–Kier alpha value is -2.42. The molecule has 0 atom stereocenters. The molecule has 0 aliphatic carbocycles. The molecule has 1 aromatic heterocycles. The maximum Gasteiger partial charge on any atom is 0.410 e. The first-order valence-corrected chi connectivity index (χ1v) is 10.2. The number of nitrogens with zero attached hydrogens (tertiary/aromatic N) is 3. The smallest absolute Gasteiger partial charge is 0.410 e. The van der Waals surface area contributed by atoms with Gasteiger partial charge in [-0.05, 0) is 25.0 Å². The molecule has 3 N–H and O–H groups in total. The van der Waals surface area contributed by atoms with Crippen LogP contribution in [0.1, 0.15) is 28.5 Å². The number of aliphatic imine (C=N–C) groups is 2. The number of ether oxygens (including phenoxy) is 1. The number of rotatable bonds is 2. The minimum atomic E-state index is -0.287. The summed E-state index contributed by atoms with van der Waals surface area (Å²) in [5, 5.41) is 1.47. The van der Waals surface area contributed by atoms with E-state index in [1.165, 1.54) is 5.56 Å². The third-order valence-electron chi connectivity index (χ3n) is 4.72. The Morgan fingerprint density at radius 2 is 2.25 bits per heavy atom. The zero-order valence-electron chi connectivity index (χ0n) is 15.4. The van der Waals surface area contributed by atoms with E-state index in [1.54, 1.807) is 16.2 Å². The van der Waals surface area contributed by atoms with Gasteiger partial charge in [0.2, 0.25) is 0 Å². The highest BCUT2D eigenvalue weighted by atomic mass is 35.5. The number of hydrogen-bond acceptors (Lipinski definition) is 7. The summed E-state index contributed by atoms with van der Waals surface area (Å²) in [6.45, 7) is 3.62. The first-order valence-electron chi connectivity index (χ1n) is 9.02. The summed E-state index contributed by atoms with van der Waals surface area (Å²) in [4.78, 5) is 24.4. The van der Waals surface area contributed by atoms with Crippen molar-refractivity contribution in [2.45, 2.75) is 19.9 Å². The number of amidine groups is 1. The van der Waals surface area contributed by atoms with Crippen LogP contribution in [0.3, 0.4) is 0 Å². The van der Waals surface area contributed by atoms with Crippen molar-refractivity contribution in [3.63, 3.8) is 0 Å². The molecule has 2 aromatic rings. The summed E-state index contributed by atoms with van der Waals surface area (Å²) in [5.74, 6) is 6.21. The first kappa shape index (κ1) is 18.9. The number of nitrogens with one attached hydrogen (secondary N) is 1. The monoisotopic (exact) mass is 417 g/mol. The lowest BCUT2D eigenvalue weighted by Gasteiger charge is -2.26. The van der Waals surface area contributed by atoms with Crippen molar-refractivity contribution < 1.29 is 9.53 Å². The number of hydrazine groups is 1. The van der Waals surface area contributed by atoms with Crippen LogP contribution in [0.5, 0.6) is 0 Å². The van der Waals surface area contributed by atoms with Gasteiger partial charge >= 0.3 is 6.09 Å². The molecule has 2 aliphatic heterocycles. The van der Waals surface area contributed by atoms with E-state index in [0.717, 1.165) is 26.7 Å². The van der Waals surface area contributed by atoms with Gasteiger partial charge in [-0.15, -0.1) is 11.3 Å². The average Bonchev–Trinajstić information content (AvgIpc) is 2.95. The average molecular weight is 418 g/mol. The Morgan fingerprint density at radius 1 is 1.43 bits per heavy atom. The number of amides is 1. The second kappa shape index (κ2) is 7.90. The lowest BCUT2D eigenvalue weighted by atomic mass is 9.95. The molecule has 0 spiro atoms. The molecule has 0 saturated carbocycles. The summed E-state index contributed by atoms with van der Waals surface area (Å²) in [6, 6.07) is 7.66. The van der Waals surface area contributed by atoms with E-state index < -0.39 is 0 Å². The van der Waals surface area contributed by atoms with Crippen molar-refractivity contribution in [1.82, 2.24) is 10.3 Å². The molecule has 0 saturated heterocycles. The van der Waals surface area contributed by atoms with Crippen molar-refractivity contribution >= 4 is 45.6 Å². The van der Waals surface area contributed by atoms with E-state index in [2.05, 4.69) is 10.4 Å². The van der Waals surface area contributed by atoms with Crippen LogP contribution in [0.2, 0.25) is 5.02 Å². The number of nitrogens with two attached hydrogens (primary N) is 1. The Labute approximate surface area is 171 Å². The van der Waals surface area contributed by atoms with E-state index in [-0.39, 0.29) is 6.09 Å². The molecule has 28 heavy (non-hydrogen) atoms. The van der Waals surface area contributed by atoms with Crippen molar-refractivity contribution in [1.29, 1.82) is 0 Å². The fourth-order valence-electron chi connectivity index (χ4n) is 3.42. The zero-order chi connectivity index (χ0) is 19.7. The number of benzene rings is 1. The van der Waals surface area contributed by atoms with Gasteiger partial charge in [0, 0.05) is 27.6 Å². The largest absolute Gasteiger partial charge is 0.450 e. The molecule has 9 heteroatoms. The van der Waals surface area contributed by atoms with Gasteiger partial charge in [-0.25, -0.2) is 15.6 Å². The Kier molecular flexibility index (Phi) is 5.34. The highest BCUT2D eigenvalue weighted by molar-refractivity contribution is 7.16. The van der Waals surface area contributed by atoms with Crippen LogP contribution in [0.15, 0.2) is 34.3 Å². The van der Waals surface area contributed by atoms with Gasteiger partial charge in [0.15, 0.2) is 0 Å². The lowest BCUT2D eigenvalue weighted by Crippen LogP contribution is -2.36. The van der Waals surface area contributed by atoms with E-state index in [9.17, 15) is 4.79 Å². The molecule has 0 fully saturated rings. The molecular formula is C19H20ClN5O2S. The lowest BCUT2D eigenvalue weighted by molar-refractivity contribution is 0.103. The maximum absolute atomic E-state index is 12.1. The normalized spacial score (nSPS) is 15.8. The Bertz CT molecular complexity index is 985. The first-order chi connectivity index (χ1) is 13.6. The van der Waals surface area contributed by atoms with Gasteiger partial charge in [-0.1, -0.05) is 29.8 Å². The number of hydrogen-bond donors (Lipinski definition) is 2. The number of carbonyl (C=O) groups excluding carboxylic acids is 1. The van der Waals surface area contributed by atoms with Crippen LogP contribution in [-0.4, -0.2) is 42.2 Å². The second-order valence-electron chi connectivity index (χ2n) is 6.40. The Balaban J connectivity index is 1.80. The molecule has 2 aliphatic rings. The molecule has 7 nitrogen and oxygen atoms in total. The fraction of sp³-hybridized carbons (Fsp3) is 0.316. The van der Waals surface area contributed by atoms with Crippen LogP contribution >= 0.6 is 22.9 Å². The maximum atomic E-state index is 12.1. The van der Waals surface area contributed by atoms with E-state index in [4.69, 9.17) is 27.2 Å². The summed E-state index contributed by atoms with van der Waals surface area (Å²) >= 11 is 8.03. The van der Waals surface area contributed by atoms with Gasteiger partial charge in [0.1, 0.15) is 10.8 Å². The number of fused-ring (bicyclic) bond motifs is 3. The van der Waals surface area contributed by atoms with Crippen LogP contribution in [-0.2, 0) is 17.7 Å². The van der Waals surface area contributed by atoms with Gasteiger partial charge in [0.25, 0.3) is 0 Å². The van der Waals surface area contributed by atoms with Crippen LogP contribution in [0, 0.1) is 0 Å². The minimum absolute atomic E-state index is 0.287. The van der Waals surface area contributed by atoms with Gasteiger partial charge in [-0.2, -0.15) is 0 Å². The van der Waals surface area contributed by atoms with E-state index in [0.29, 0.717) is 43.5 Å². The molecule has 4 rings (SSSR count). The molecule has 146 valence electrons. The van der Waals surface area contributed by atoms with Crippen molar-refractivity contribution in [3.8, 4) is 0 Å². The van der Waals surface area contributed by atoms with Gasteiger partial charge in [-0.3, -0.25) is 4.99 Å². The van der Waals surface area contributed by atoms with Crippen molar-refractivity contribution in [2.75, 3.05) is 19.7 Å². The van der Waals surface area contributed by atoms with Crippen molar-refractivity contribution in [3.05, 3.63) is 50.9 Å². The fourth-order valence-corrected chi connectivity index (χ4v) is 4.91. The summed E-state index contributed by atoms with van der Waals surface area (Å²) in [7, 11) is 0. The predicted molar refractivity (Wildman–Crippen MR) is 112 cm³/mol. The predicted octanol–water partition coefficient (Wildman–Crippen LogP) is 3.26. The molecule has 0 bridgehead atoms. The Morgan fingerprint density at radius 3 is 3.00 bits per heavy atom. The SMILES string of the molecule is CCOC(=O)N1CCc2c(sc3c2C(c2ccccc2Cl)=NCC(NN)=N3)C1. The number of thiophene rings is 1. The molecule has 1 aromatic carbocycles. The second-order valence-corrected chi connectivity index (χ2v) is 7.89. The highest BCUT2D eigenvalue weighted by Crippen LogP contribution is 2.42. The molecule has 0 unspecified atom stereocenters. The molecule has 0 radical (unpaired) electrons. The summed E-state index contributed by atoms with van der Waals surface area (Å²) in [6.07, 6.45) is 0.425. The summed E-state index contributed by atoms with van der Waals surface area (Å²) in [5.41, 5.74) is 6.47. The van der Waals surface area contributed by atoms with Crippen LogP contribution in [0.4, 0.5) is 9.80 Å². The van der Waals surface area contributed by atoms with E-state index in [1.807, 2.05) is 31.2 Å². The topological polar surface area (TPSA) is 92.3 Å². The minimum Gasteiger partial charge on any atom is -0.450 e. The quantitative estimate of drug-likeness (QED) is 0.579. The number of carbonyl (C=O) groups is 1. The third-order valence-corrected chi connectivity index (χ3v) is 6.16. The van der Waals surface area contributed by atoms with Gasteiger partial charge < -0.3 is 15.1 Å². The number of halogens is 1. The summed E-state index contributed by atoms with van der Waals surface area (Å²) < 4.78 is 5.16. The van der Waals surface area contributed by atoms with Crippen LogP contribution in [0.25, 0.3) is 0 Å². The molecule has 3 heterocycles. The zero-order valence-corrected chi connectivity index (χ0v) is 16.9. The third kappa shape index (κ3) is 3.39. The molecule has 1 amide bonds. The van der Waals surface area contributed by atoms with Gasteiger partial charge in [0.05, 0.1) is 25.4 Å². The highest BCUT2D eigenvalue weighted by Gasteiger charge is 2.31. The van der Waals surface area contributed by atoms with Crippen molar-refractivity contribution in [2.24, 2.45) is 15.8 Å².